The minimum absolute atomic E-state index is 0.0538. The molecule has 2 amide bonds. The Bertz CT molecular complexity index is 384. The Morgan fingerprint density at radius 3 is 2.27 bits per heavy atom. The molecule has 1 N–H and O–H groups in total. The third kappa shape index (κ3) is 4.95. The number of morpholine rings is 1. The zero-order chi connectivity index (χ0) is 16.1. The second-order valence-electron chi connectivity index (χ2n) is 6.59. The molecule has 0 aromatic rings. The predicted octanol–water partition coefficient (Wildman–Crippen LogP) is 0.470. The summed E-state index contributed by atoms with van der Waals surface area (Å²) in [7, 11) is 0. The molecule has 6 nitrogen and oxygen atoms in total. The molecule has 2 fully saturated rings. The van der Waals surface area contributed by atoms with E-state index in [4.69, 9.17) is 4.74 Å². The Morgan fingerprint density at radius 2 is 1.73 bits per heavy atom. The Morgan fingerprint density at radius 1 is 1.14 bits per heavy atom. The first-order chi connectivity index (χ1) is 10.5. The van der Waals surface area contributed by atoms with Gasteiger partial charge in [0.15, 0.2) is 0 Å². The molecule has 2 aliphatic heterocycles. The lowest BCUT2D eigenvalue weighted by Gasteiger charge is -2.35. The van der Waals surface area contributed by atoms with E-state index >= 15 is 0 Å². The minimum atomic E-state index is 0.0538. The van der Waals surface area contributed by atoms with Gasteiger partial charge in [0.05, 0.1) is 12.2 Å². The molecule has 2 rings (SSSR count). The molecule has 6 heteroatoms. The lowest BCUT2D eigenvalue weighted by atomic mass is 9.96. The Labute approximate surface area is 133 Å². The fraction of sp³-hybridized carbons (Fsp3) is 0.875. The van der Waals surface area contributed by atoms with Crippen LogP contribution in [0.5, 0.6) is 0 Å². The summed E-state index contributed by atoms with van der Waals surface area (Å²) < 4.78 is 5.71. The molecule has 0 unspecified atom stereocenters. The van der Waals surface area contributed by atoms with Crippen molar-refractivity contribution in [1.29, 1.82) is 0 Å². The fourth-order valence-corrected chi connectivity index (χ4v) is 3.41. The summed E-state index contributed by atoms with van der Waals surface area (Å²) in [6, 6.07) is 0. The highest BCUT2D eigenvalue weighted by Gasteiger charge is 2.26. The topological polar surface area (TPSA) is 61.9 Å². The number of rotatable bonds is 4. The van der Waals surface area contributed by atoms with E-state index in [2.05, 4.69) is 24.1 Å². The maximum Gasteiger partial charge on any atom is 0.223 e. The van der Waals surface area contributed by atoms with Gasteiger partial charge in [0.25, 0.3) is 0 Å². The number of carbonyl (C=O) groups is 2. The zero-order valence-electron chi connectivity index (χ0n) is 14.0. The number of hydrogen-bond acceptors (Lipinski definition) is 4. The first-order valence-corrected chi connectivity index (χ1v) is 8.36. The highest BCUT2D eigenvalue weighted by atomic mass is 16.5. The van der Waals surface area contributed by atoms with Crippen molar-refractivity contribution in [2.45, 2.75) is 45.8 Å². The van der Waals surface area contributed by atoms with Crippen molar-refractivity contribution in [3.05, 3.63) is 0 Å². The van der Waals surface area contributed by atoms with Gasteiger partial charge in [-0.3, -0.25) is 14.5 Å². The van der Waals surface area contributed by atoms with Gasteiger partial charge in [-0.25, -0.2) is 0 Å². The molecule has 0 saturated carbocycles. The molecule has 126 valence electrons. The van der Waals surface area contributed by atoms with Crippen molar-refractivity contribution in [1.82, 2.24) is 15.1 Å². The first kappa shape index (κ1) is 17.2. The molecule has 22 heavy (non-hydrogen) atoms. The fourth-order valence-electron chi connectivity index (χ4n) is 3.41. The Balaban J connectivity index is 1.65. The zero-order valence-corrected chi connectivity index (χ0v) is 14.0. The van der Waals surface area contributed by atoms with Gasteiger partial charge in [0, 0.05) is 52.1 Å². The summed E-state index contributed by atoms with van der Waals surface area (Å²) in [5.74, 6) is 0.296. The summed E-state index contributed by atoms with van der Waals surface area (Å²) in [6.07, 6.45) is 2.07. The van der Waals surface area contributed by atoms with Crippen molar-refractivity contribution < 1.29 is 14.3 Å². The second-order valence-corrected chi connectivity index (χ2v) is 6.59. The largest absolute Gasteiger partial charge is 0.373 e. The van der Waals surface area contributed by atoms with Crippen molar-refractivity contribution in [2.24, 2.45) is 5.92 Å². The molecule has 2 heterocycles. The molecule has 2 saturated heterocycles. The van der Waals surface area contributed by atoms with Gasteiger partial charge in [-0.1, -0.05) is 0 Å². The smallest absolute Gasteiger partial charge is 0.223 e. The highest BCUT2D eigenvalue weighted by Crippen LogP contribution is 2.17. The molecule has 2 aliphatic rings. The maximum absolute atomic E-state index is 12.2. The van der Waals surface area contributed by atoms with E-state index in [0.29, 0.717) is 19.6 Å². The van der Waals surface area contributed by atoms with Crippen molar-refractivity contribution in [3.63, 3.8) is 0 Å². The van der Waals surface area contributed by atoms with Gasteiger partial charge in [-0.2, -0.15) is 0 Å². The lowest BCUT2D eigenvalue weighted by Crippen LogP contribution is -2.48. The van der Waals surface area contributed by atoms with Gasteiger partial charge in [-0.15, -0.1) is 0 Å². The Hall–Kier alpha value is -1.14. The summed E-state index contributed by atoms with van der Waals surface area (Å²) >= 11 is 0. The molecule has 2 atom stereocenters. The SMILES string of the molecule is CC(=O)N1CCC(C(=O)NCCN2C[C@H](C)O[C@@H](C)C2)CC1. The normalized spacial score (nSPS) is 27.7. The molecular weight excluding hydrogens is 282 g/mol. The van der Waals surface area contributed by atoms with Gasteiger partial charge in [0.2, 0.25) is 11.8 Å². The number of ether oxygens (including phenoxy) is 1. The van der Waals surface area contributed by atoms with Crippen molar-refractivity contribution in [2.75, 3.05) is 39.3 Å². The van der Waals surface area contributed by atoms with Crippen LogP contribution in [0.3, 0.4) is 0 Å². The number of amides is 2. The van der Waals surface area contributed by atoms with E-state index in [1.807, 2.05) is 4.90 Å². The molecule has 0 spiro atoms. The van der Waals surface area contributed by atoms with Crippen LogP contribution in [0.4, 0.5) is 0 Å². The van der Waals surface area contributed by atoms with E-state index in [1.54, 1.807) is 6.92 Å². The highest BCUT2D eigenvalue weighted by molar-refractivity contribution is 5.79. The third-order valence-corrected chi connectivity index (χ3v) is 4.53. The number of carbonyl (C=O) groups excluding carboxylic acids is 2. The first-order valence-electron chi connectivity index (χ1n) is 8.36. The maximum atomic E-state index is 12.2. The van der Waals surface area contributed by atoms with Crippen LogP contribution in [-0.4, -0.2) is 73.1 Å². The van der Waals surface area contributed by atoms with Gasteiger partial charge < -0.3 is 15.0 Å². The minimum Gasteiger partial charge on any atom is -0.373 e. The standard InChI is InChI=1S/C16H29N3O3/c1-12-10-18(11-13(2)22-12)9-6-17-16(21)15-4-7-19(8-5-15)14(3)20/h12-13,15H,4-11H2,1-3H3,(H,17,21)/t12-,13-/m0/s1. The molecule has 0 aromatic heterocycles. The third-order valence-electron chi connectivity index (χ3n) is 4.53. The molecule has 0 aliphatic carbocycles. The van der Waals surface area contributed by atoms with Gasteiger partial charge in [-0.05, 0) is 26.7 Å². The van der Waals surface area contributed by atoms with E-state index < -0.39 is 0 Å². The summed E-state index contributed by atoms with van der Waals surface area (Å²) in [4.78, 5) is 27.6. The molecular formula is C16H29N3O3. The van der Waals surface area contributed by atoms with Crippen molar-refractivity contribution in [3.8, 4) is 0 Å². The number of piperidine rings is 1. The van der Waals surface area contributed by atoms with Crippen LogP contribution in [0.15, 0.2) is 0 Å². The van der Waals surface area contributed by atoms with Gasteiger partial charge >= 0.3 is 0 Å². The van der Waals surface area contributed by atoms with E-state index in [0.717, 1.165) is 32.5 Å². The quantitative estimate of drug-likeness (QED) is 0.820. The Kier molecular flexibility index (Phi) is 6.20. The van der Waals surface area contributed by atoms with E-state index in [1.165, 1.54) is 0 Å². The van der Waals surface area contributed by atoms with Crippen LogP contribution in [0.1, 0.15) is 33.6 Å². The van der Waals surface area contributed by atoms with Crippen LogP contribution < -0.4 is 5.32 Å². The molecule has 0 aromatic carbocycles. The second kappa shape index (κ2) is 7.92. The number of likely N-dealkylation sites (tertiary alicyclic amines) is 1. The van der Waals surface area contributed by atoms with E-state index in [9.17, 15) is 9.59 Å². The average molecular weight is 311 g/mol. The van der Waals surface area contributed by atoms with Gasteiger partial charge in [0.1, 0.15) is 0 Å². The molecule has 0 radical (unpaired) electrons. The summed E-state index contributed by atoms with van der Waals surface area (Å²) in [5, 5.41) is 3.05. The average Bonchev–Trinajstić information content (AvgIpc) is 2.46. The van der Waals surface area contributed by atoms with Crippen LogP contribution in [0.2, 0.25) is 0 Å². The number of nitrogens with one attached hydrogen (secondary N) is 1. The summed E-state index contributed by atoms with van der Waals surface area (Å²) in [6.45, 7) is 10.6. The van der Waals surface area contributed by atoms with Crippen LogP contribution in [-0.2, 0) is 14.3 Å². The van der Waals surface area contributed by atoms with Crippen LogP contribution in [0, 0.1) is 5.92 Å². The van der Waals surface area contributed by atoms with Crippen molar-refractivity contribution >= 4 is 11.8 Å². The lowest BCUT2D eigenvalue weighted by molar-refractivity contribution is -0.134. The summed E-state index contributed by atoms with van der Waals surface area (Å²) in [5.41, 5.74) is 0. The number of nitrogens with zero attached hydrogens (tertiary/aromatic N) is 2. The number of hydrogen-bond donors (Lipinski definition) is 1. The predicted molar refractivity (Wildman–Crippen MR) is 84.4 cm³/mol. The van der Waals surface area contributed by atoms with Crippen LogP contribution in [0.25, 0.3) is 0 Å². The molecule has 0 bridgehead atoms. The van der Waals surface area contributed by atoms with E-state index in [-0.39, 0.29) is 29.9 Å². The monoisotopic (exact) mass is 311 g/mol. The van der Waals surface area contributed by atoms with Crippen LogP contribution >= 0.6 is 0 Å².